The molecule has 0 fully saturated rings. The number of primary amides is 1. The van der Waals surface area contributed by atoms with Crippen LogP contribution in [0.1, 0.15) is 28.8 Å². The third kappa shape index (κ3) is 6.79. The second-order valence-corrected chi connectivity index (χ2v) is 11.1. The van der Waals surface area contributed by atoms with E-state index in [0.717, 1.165) is 21.8 Å². The van der Waals surface area contributed by atoms with Crippen LogP contribution in [0.2, 0.25) is 5.02 Å². The van der Waals surface area contributed by atoms with E-state index in [0.29, 0.717) is 39.8 Å². The Morgan fingerprint density at radius 2 is 1.75 bits per heavy atom. The van der Waals surface area contributed by atoms with Crippen LogP contribution < -0.4 is 10.6 Å². The standard InChI is InChI=1S/C29H25ClN6O2S2/c1-36(15-25(33)38)27-23(13-31)26(19-6-4-18(5-7-19)3-2-12-37)24(14-32)29(35-27)40-17-22-16-39-28(34-22)20-8-10-21(30)11-9-20/h4-11,16,37H,2-3,12,15,17H2,1H3,(H2,33,38). The van der Waals surface area contributed by atoms with Gasteiger partial charge in [-0.15, -0.1) is 11.3 Å². The summed E-state index contributed by atoms with van der Waals surface area (Å²) in [6.07, 6.45) is 1.35. The predicted molar refractivity (Wildman–Crippen MR) is 159 cm³/mol. The number of halogens is 1. The summed E-state index contributed by atoms with van der Waals surface area (Å²) < 4.78 is 0. The van der Waals surface area contributed by atoms with Crippen molar-refractivity contribution in [2.75, 3.05) is 25.1 Å². The van der Waals surface area contributed by atoms with E-state index in [1.54, 1.807) is 7.05 Å². The third-order valence-electron chi connectivity index (χ3n) is 5.99. The number of carbonyl (C=O) groups excluding carboxylic acids is 1. The first kappa shape index (κ1) is 29.1. The maximum absolute atomic E-state index is 11.7. The average molecular weight is 589 g/mol. The first-order valence-corrected chi connectivity index (χ1v) is 14.5. The van der Waals surface area contributed by atoms with Gasteiger partial charge >= 0.3 is 0 Å². The number of amides is 1. The maximum Gasteiger partial charge on any atom is 0.236 e. The molecule has 0 unspecified atom stereocenters. The van der Waals surface area contributed by atoms with Gasteiger partial charge < -0.3 is 15.7 Å². The fraction of sp³-hybridized carbons (Fsp3) is 0.207. The summed E-state index contributed by atoms with van der Waals surface area (Å²) in [7, 11) is 1.63. The molecule has 0 spiro atoms. The number of aromatic nitrogens is 2. The molecule has 4 rings (SSSR count). The molecular weight excluding hydrogens is 564 g/mol. The molecule has 0 aliphatic rings. The fourth-order valence-electron chi connectivity index (χ4n) is 4.10. The zero-order chi connectivity index (χ0) is 28.6. The molecule has 0 aliphatic heterocycles. The fourth-order valence-corrected chi connectivity index (χ4v) is 6.03. The number of hydrogen-bond acceptors (Lipinski definition) is 9. The lowest BCUT2D eigenvalue weighted by Gasteiger charge is -2.21. The number of rotatable bonds is 11. The predicted octanol–water partition coefficient (Wildman–Crippen LogP) is 5.41. The minimum absolute atomic E-state index is 0.0968. The maximum atomic E-state index is 11.7. The number of nitrogens with zero attached hydrogens (tertiary/aromatic N) is 5. The smallest absolute Gasteiger partial charge is 0.236 e. The van der Waals surface area contributed by atoms with Gasteiger partial charge in [-0.2, -0.15) is 10.5 Å². The number of aliphatic hydroxyl groups is 1. The highest BCUT2D eigenvalue weighted by atomic mass is 35.5. The van der Waals surface area contributed by atoms with Gasteiger partial charge in [0.15, 0.2) is 0 Å². The number of aryl methyl sites for hydroxylation is 1. The summed E-state index contributed by atoms with van der Waals surface area (Å²) in [5.74, 6) is 0.136. The van der Waals surface area contributed by atoms with Crippen molar-refractivity contribution in [3.05, 3.63) is 81.3 Å². The number of pyridine rings is 1. The van der Waals surface area contributed by atoms with Crippen LogP contribution in [0, 0.1) is 22.7 Å². The molecule has 2 aromatic heterocycles. The van der Waals surface area contributed by atoms with Gasteiger partial charge in [-0.05, 0) is 36.1 Å². The Balaban J connectivity index is 1.74. The number of carbonyl (C=O) groups is 1. The Morgan fingerprint density at radius 3 is 2.38 bits per heavy atom. The van der Waals surface area contributed by atoms with E-state index in [9.17, 15) is 15.3 Å². The highest BCUT2D eigenvalue weighted by Gasteiger charge is 2.24. The molecule has 8 nitrogen and oxygen atoms in total. The minimum atomic E-state index is -0.571. The molecule has 0 saturated carbocycles. The lowest BCUT2D eigenvalue weighted by atomic mass is 9.95. The molecule has 0 bridgehead atoms. The van der Waals surface area contributed by atoms with Crippen molar-refractivity contribution in [1.82, 2.24) is 9.97 Å². The molecule has 4 aromatic rings. The quantitative estimate of drug-likeness (QED) is 0.222. The Hall–Kier alpha value is -3.93. The third-order valence-corrected chi connectivity index (χ3v) is 8.19. The number of thiazole rings is 1. The summed E-state index contributed by atoms with van der Waals surface area (Å²) >= 11 is 8.86. The van der Waals surface area contributed by atoms with Crippen LogP contribution in [0.5, 0.6) is 0 Å². The molecule has 0 atom stereocenters. The largest absolute Gasteiger partial charge is 0.396 e. The molecule has 0 aliphatic carbocycles. The van der Waals surface area contributed by atoms with Gasteiger partial charge in [0.05, 0.1) is 17.8 Å². The van der Waals surface area contributed by atoms with E-state index >= 15 is 0 Å². The Morgan fingerprint density at radius 1 is 1.07 bits per heavy atom. The van der Waals surface area contributed by atoms with Crippen LogP contribution in [-0.4, -0.2) is 41.2 Å². The molecule has 40 heavy (non-hydrogen) atoms. The highest BCUT2D eigenvalue weighted by molar-refractivity contribution is 7.98. The second-order valence-electron chi connectivity index (χ2n) is 8.88. The van der Waals surface area contributed by atoms with Crippen molar-refractivity contribution in [3.8, 4) is 33.8 Å². The summed E-state index contributed by atoms with van der Waals surface area (Å²) in [5.41, 5.74) is 9.82. The normalized spacial score (nSPS) is 10.6. The molecule has 2 heterocycles. The van der Waals surface area contributed by atoms with Crippen LogP contribution in [0.3, 0.4) is 0 Å². The van der Waals surface area contributed by atoms with Gasteiger partial charge in [0.1, 0.15) is 33.6 Å². The number of aliphatic hydroxyl groups excluding tert-OH is 1. The molecule has 2 aromatic carbocycles. The van der Waals surface area contributed by atoms with E-state index in [1.165, 1.54) is 28.0 Å². The number of thioether (sulfide) groups is 1. The van der Waals surface area contributed by atoms with Gasteiger partial charge in [-0.25, -0.2) is 9.97 Å². The second kappa shape index (κ2) is 13.4. The lowest BCUT2D eigenvalue weighted by Crippen LogP contribution is -2.32. The van der Waals surface area contributed by atoms with Crippen molar-refractivity contribution >= 4 is 46.4 Å². The zero-order valence-electron chi connectivity index (χ0n) is 21.6. The van der Waals surface area contributed by atoms with Crippen LogP contribution in [0.4, 0.5) is 5.82 Å². The monoisotopic (exact) mass is 588 g/mol. The van der Waals surface area contributed by atoms with Gasteiger partial charge in [0.25, 0.3) is 0 Å². The average Bonchev–Trinajstić information content (AvgIpc) is 3.43. The highest BCUT2D eigenvalue weighted by Crippen LogP contribution is 2.39. The van der Waals surface area contributed by atoms with Crippen LogP contribution in [0.15, 0.2) is 58.9 Å². The molecule has 3 N–H and O–H groups in total. The first-order chi connectivity index (χ1) is 19.3. The van der Waals surface area contributed by atoms with E-state index in [-0.39, 0.29) is 30.1 Å². The summed E-state index contributed by atoms with van der Waals surface area (Å²) in [6, 6.07) is 19.5. The summed E-state index contributed by atoms with van der Waals surface area (Å²) in [5, 5.41) is 33.4. The molecule has 1 amide bonds. The Labute approximate surface area is 245 Å². The van der Waals surface area contributed by atoms with Crippen LogP contribution in [0.25, 0.3) is 21.7 Å². The van der Waals surface area contributed by atoms with Gasteiger partial charge in [0, 0.05) is 40.9 Å². The topological polar surface area (TPSA) is 140 Å². The Bertz CT molecular complexity index is 1590. The van der Waals surface area contributed by atoms with Crippen molar-refractivity contribution in [2.24, 2.45) is 5.73 Å². The van der Waals surface area contributed by atoms with E-state index in [1.807, 2.05) is 53.9 Å². The van der Waals surface area contributed by atoms with Crippen molar-refractivity contribution in [2.45, 2.75) is 23.6 Å². The number of anilines is 1. The zero-order valence-corrected chi connectivity index (χ0v) is 24.0. The van der Waals surface area contributed by atoms with E-state index in [4.69, 9.17) is 27.4 Å². The van der Waals surface area contributed by atoms with Crippen molar-refractivity contribution in [3.63, 3.8) is 0 Å². The van der Waals surface area contributed by atoms with Crippen molar-refractivity contribution < 1.29 is 9.90 Å². The Kier molecular flexibility index (Phi) is 9.75. The molecule has 0 radical (unpaired) electrons. The molecular formula is C29H25ClN6O2S2. The molecule has 202 valence electrons. The number of hydrogen-bond donors (Lipinski definition) is 2. The number of nitrogens with two attached hydrogens (primary N) is 1. The SMILES string of the molecule is CN(CC(N)=O)c1nc(SCc2csc(-c3ccc(Cl)cc3)n2)c(C#N)c(-c2ccc(CCCO)cc2)c1C#N. The summed E-state index contributed by atoms with van der Waals surface area (Å²) in [6.45, 7) is -0.0483. The van der Waals surface area contributed by atoms with Crippen molar-refractivity contribution in [1.29, 1.82) is 10.5 Å². The van der Waals surface area contributed by atoms with Gasteiger partial charge in [-0.1, -0.05) is 59.8 Å². The van der Waals surface area contributed by atoms with E-state index < -0.39 is 5.91 Å². The number of likely N-dealkylation sites (N-methyl/N-ethyl adjacent to an activating group) is 1. The molecule has 0 saturated heterocycles. The van der Waals surface area contributed by atoms with Gasteiger partial charge in [-0.3, -0.25) is 4.79 Å². The lowest BCUT2D eigenvalue weighted by molar-refractivity contribution is -0.116. The van der Waals surface area contributed by atoms with Gasteiger partial charge in [0.2, 0.25) is 5.91 Å². The van der Waals surface area contributed by atoms with E-state index in [2.05, 4.69) is 17.1 Å². The minimum Gasteiger partial charge on any atom is -0.396 e. The molecule has 11 heteroatoms. The van der Waals surface area contributed by atoms with Crippen LogP contribution >= 0.6 is 34.7 Å². The number of nitriles is 2. The summed E-state index contributed by atoms with van der Waals surface area (Å²) in [4.78, 5) is 22.6. The number of benzene rings is 2. The first-order valence-electron chi connectivity index (χ1n) is 12.3. The van der Waals surface area contributed by atoms with Crippen LogP contribution in [-0.2, 0) is 17.0 Å².